The molecule has 0 fully saturated rings. The van der Waals surface area contributed by atoms with Gasteiger partial charge in [-0.1, -0.05) is 11.6 Å². The van der Waals surface area contributed by atoms with Crippen molar-refractivity contribution in [2.24, 2.45) is 5.14 Å². The van der Waals surface area contributed by atoms with Crippen molar-refractivity contribution in [3.63, 3.8) is 0 Å². The fourth-order valence-corrected chi connectivity index (χ4v) is 2.62. The molecule has 0 atom stereocenters. The summed E-state index contributed by atoms with van der Waals surface area (Å²) in [5, 5.41) is 5.05. The topological polar surface area (TPSA) is 95.7 Å². The van der Waals surface area contributed by atoms with Crippen molar-refractivity contribution in [1.82, 2.24) is 0 Å². The molecule has 0 spiro atoms. The van der Waals surface area contributed by atoms with Gasteiger partial charge in [0.2, 0.25) is 10.0 Å². The van der Waals surface area contributed by atoms with E-state index in [9.17, 15) is 13.2 Å². The molecule has 0 heterocycles. The normalized spacial score (nSPS) is 11.4. The molecule has 0 aliphatic heterocycles. The van der Waals surface area contributed by atoms with Crippen LogP contribution in [0.15, 0.2) is 17.0 Å². The molecular weight excluding hydrogens is 306 g/mol. The first kappa shape index (κ1) is 16.9. The number of aryl methyl sites for hydroxylation is 1. The molecule has 0 amide bonds. The lowest BCUT2D eigenvalue weighted by atomic mass is 10.1. The number of sulfonamides is 1. The summed E-state index contributed by atoms with van der Waals surface area (Å²) in [6.45, 7) is 4.28. The molecule has 1 rings (SSSR count). The first-order chi connectivity index (χ1) is 9.27. The Labute approximate surface area is 122 Å². The van der Waals surface area contributed by atoms with Gasteiger partial charge in [-0.2, -0.15) is 0 Å². The summed E-state index contributed by atoms with van der Waals surface area (Å²) in [5.74, 6) is -0.658. The highest BCUT2D eigenvalue weighted by atomic mass is 35.5. The Hall–Kier alpha value is -1.15. The van der Waals surface area contributed by atoms with E-state index in [1.807, 2.05) is 6.92 Å². The predicted octanol–water partition coefficient (Wildman–Crippen LogP) is 1.49. The lowest BCUT2D eigenvalue weighted by Crippen LogP contribution is -2.16. The van der Waals surface area contributed by atoms with Gasteiger partial charge in [0, 0.05) is 6.61 Å². The molecule has 0 aromatic heterocycles. The van der Waals surface area contributed by atoms with Crippen LogP contribution in [0.1, 0.15) is 22.8 Å². The lowest BCUT2D eigenvalue weighted by molar-refractivity contribution is 0.0335. The Bertz CT molecular complexity index is 600. The Balaban J connectivity index is 2.97. The number of hydrogen-bond acceptors (Lipinski definition) is 5. The highest BCUT2D eigenvalue weighted by Crippen LogP contribution is 2.26. The molecule has 2 N–H and O–H groups in total. The minimum absolute atomic E-state index is 0.00151. The maximum Gasteiger partial charge on any atom is 0.338 e. The Morgan fingerprint density at radius 2 is 2.00 bits per heavy atom. The molecule has 112 valence electrons. The summed E-state index contributed by atoms with van der Waals surface area (Å²) in [4.78, 5) is 11.5. The van der Waals surface area contributed by atoms with Crippen molar-refractivity contribution in [3.8, 4) is 0 Å². The number of esters is 1. The summed E-state index contributed by atoms with van der Waals surface area (Å²) in [5.41, 5.74) is 0.502. The first-order valence-electron chi connectivity index (χ1n) is 5.85. The van der Waals surface area contributed by atoms with E-state index in [2.05, 4.69) is 0 Å². The van der Waals surface area contributed by atoms with E-state index in [1.165, 1.54) is 6.07 Å². The van der Waals surface area contributed by atoms with Gasteiger partial charge in [-0.3, -0.25) is 0 Å². The van der Waals surface area contributed by atoms with Gasteiger partial charge in [0.25, 0.3) is 0 Å². The smallest absolute Gasteiger partial charge is 0.338 e. The van der Waals surface area contributed by atoms with Gasteiger partial charge in [-0.05, 0) is 31.5 Å². The molecule has 0 saturated carbocycles. The quantitative estimate of drug-likeness (QED) is 0.632. The predicted molar refractivity (Wildman–Crippen MR) is 74.3 cm³/mol. The molecule has 1 aromatic rings. The zero-order valence-electron chi connectivity index (χ0n) is 11.2. The van der Waals surface area contributed by atoms with Gasteiger partial charge in [-0.15, -0.1) is 0 Å². The number of primary sulfonamides is 1. The second-order valence-electron chi connectivity index (χ2n) is 3.98. The van der Waals surface area contributed by atoms with Gasteiger partial charge in [0.1, 0.15) is 11.5 Å². The van der Waals surface area contributed by atoms with Crippen LogP contribution in [-0.4, -0.2) is 34.2 Å². The highest BCUT2D eigenvalue weighted by Gasteiger charge is 2.19. The Kier molecular flexibility index (Phi) is 5.94. The van der Waals surface area contributed by atoms with Crippen molar-refractivity contribution in [2.75, 3.05) is 19.8 Å². The van der Waals surface area contributed by atoms with Crippen molar-refractivity contribution < 1.29 is 22.7 Å². The van der Waals surface area contributed by atoms with Gasteiger partial charge in [0.15, 0.2) is 0 Å². The maximum absolute atomic E-state index is 11.8. The van der Waals surface area contributed by atoms with Gasteiger partial charge in [0.05, 0.1) is 17.2 Å². The molecule has 0 aliphatic carbocycles. The van der Waals surface area contributed by atoms with Crippen molar-refractivity contribution >= 4 is 27.6 Å². The Morgan fingerprint density at radius 3 is 2.55 bits per heavy atom. The van der Waals surface area contributed by atoms with Crippen LogP contribution in [0.4, 0.5) is 0 Å². The van der Waals surface area contributed by atoms with Gasteiger partial charge >= 0.3 is 5.97 Å². The second-order valence-corrected chi connectivity index (χ2v) is 5.89. The van der Waals surface area contributed by atoms with E-state index in [4.69, 9.17) is 26.2 Å². The zero-order valence-corrected chi connectivity index (χ0v) is 12.8. The molecule has 1 aromatic carbocycles. The number of rotatable bonds is 6. The molecule has 0 radical (unpaired) electrons. The molecule has 0 unspecified atom stereocenters. The van der Waals surface area contributed by atoms with Crippen LogP contribution in [0.5, 0.6) is 0 Å². The maximum atomic E-state index is 11.8. The zero-order chi connectivity index (χ0) is 15.3. The summed E-state index contributed by atoms with van der Waals surface area (Å²) < 4.78 is 32.8. The standard InChI is InChI=1S/C12H16ClNO5S/c1-3-18-4-5-19-12(15)9-6-8(2)11(13)10(7-9)20(14,16)17/h6-7H,3-5H2,1-2H3,(H2,14,16,17). The van der Waals surface area contributed by atoms with Gasteiger partial charge < -0.3 is 9.47 Å². The summed E-state index contributed by atoms with van der Waals surface area (Å²) in [6, 6.07) is 2.55. The molecule has 6 nitrogen and oxygen atoms in total. The van der Waals surface area contributed by atoms with E-state index in [-0.39, 0.29) is 28.7 Å². The number of ether oxygens (including phenoxy) is 2. The number of hydrogen-bond donors (Lipinski definition) is 1. The SMILES string of the molecule is CCOCCOC(=O)c1cc(C)c(Cl)c(S(N)(=O)=O)c1. The van der Waals surface area contributed by atoms with E-state index >= 15 is 0 Å². The van der Waals surface area contributed by atoms with Crippen LogP contribution in [0.2, 0.25) is 5.02 Å². The second kappa shape index (κ2) is 7.03. The first-order valence-corrected chi connectivity index (χ1v) is 7.77. The fraction of sp³-hybridized carbons (Fsp3) is 0.417. The molecule has 8 heteroatoms. The Morgan fingerprint density at radius 1 is 1.35 bits per heavy atom. The number of halogens is 1. The molecule has 0 bridgehead atoms. The van der Waals surface area contributed by atoms with E-state index in [0.29, 0.717) is 12.2 Å². The van der Waals surface area contributed by atoms with Crippen LogP contribution in [0.25, 0.3) is 0 Å². The monoisotopic (exact) mass is 321 g/mol. The molecule has 20 heavy (non-hydrogen) atoms. The minimum atomic E-state index is -4.01. The van der Waals surface area contributed by atoms with E-state index < -0.39 is 16.0 Å². The lowest BCUT2D eigenvalue weighted by Gasteiger charge is -2.09. The van der Waals surface area contributed by atoms with Crippen LogP contribution < -0.4 is 5.14 Å². The summed E-state index contributed by atoms with van der Waals surface area (Å²) in [6.07, 6.45) is 0. The summed E-state index contributed by atoms with van der Waals surface area (Å²) >= 11 is 5.87. The third-order valence-electron chi connectivity index (χ3n) is 2.43. The largest absolute Gasteiger partial charge is 0.460 e. The molecule has 0 saturated heterocycles. The van der Waals surface area contributed by atoms with E-state index in [0.717, 1.165) is 6.07 Å². The van der Waals surface area contributed by atoms with E-state index in [1.54, 1.807) is 6.92 Å². The molecular formula is C12H16ClNO5S. The van der Waals surface area contributed by atoms with Crippen LogP contribution in [-0.2, 0) is 19.5 Å². The van der Waals surface area contributed by atoms with Crippen LogP contribution in [0.3, 0.4) is 0 Å². The minimum Gasteiger partial charge on any atom is -0.460 e. The van der Waals surface area contributed by atoms with Crippen molar-refractivity contribution in [1.29, 1.82) is 0 Å². The fourth-order valence-electron chi connectivity index (χ4n) is 1.48. The van der Waals surface area contributed by atoms with Crippen molar-refractivity contribution in [3.05, 3.63) is 28.3 Å². The third kappa shape index (κ3) is 4.45. The third-order valence-corrected chi connectivity index (χ3v) is 3.98. The number of benzene rings is 1. The van der Waals surface area contributed by atoms with Crippen LogP contribution in [0, 0.1) is 6.92 Å². The van der Waals surface area contributed by atoms with Gasteiger partial charge in [-0.25, -0.2) is 18.4 Å². The average molecular weight is 322 g/mol. The highest BCUT2D eigenvalue weighted by molar-refractivity contribution is 7.89. The average Bonchev–Trinajstić information content (AvgIpc) is 2.36. The number of carbonyl (C=O) groups is 1. The number of nitrogens with two attached hydrogens (primary N) is 1. The molecule has 0 aliphatic rings. The van der Waals surface area contributed by atoms with Crippen LogP contribution >= 0.6 is 11.6 Å². The summed E-state index contributed by atoms with van der Waals surface area (Å²) in [7, 11) is -4.01. The number of carbonyl (C=O) groups excluding carboxylic acids is 1. The van der Waals surface area contributed by atoms with Crippen molar-refractivity contribution in [2.45, 2.75) is 18.7 Å².